The molecule has 2 amide bonds. The molecule has 1 aliphatic carbocycles. The minimum atomic E-state index is -0.154. The standard InChI is InChI=1S/C27H36N4O4/c1-18-14-31(15-20-9-11-28-12-10-20)19(2)17-35-24-8-7-22(29-26(32)21-5-6-21)13-23(24)27(33)30(3)16-25(18)34-4/h7-13,18-19,21,25H,5-6,14-17H2,1-4H3,(H,29,32)/t18-,19+,25-/m1/s1. The van der Waals surface area contributed by atoms with Gasteiger partial charge >= 0.3 is 0 Å². The summed E-state index contributed by atoms with van der Waals surface area (Å²) in [5, 5.41) is 2.94. The lowest BCUT2D eigenvalue weighted by Crippen LogP contribution is -2.46. The summed E-state index contributed by atoms with van der Waals surface area (Å²) in [5.41, 5.74) is 2.24. The zero-order valence-electron chi connectivity index (χ0n) is 21.1. The molecule has 1 aliphatic heterocycles. The number of hydrogen-bond donors (Lipinski definition) is 1. The lowest BCUT2D eigenvalue weighted by Gasteiger charge is -2.36. The van der Waals surface area contributed by atoms with Crippen LogP contribution in [0.1, 0.15) is 42.6 Å². The van der Waals surface area contributed by atoms with Gasteiger partial charge in [0.15, 0.2) is 0 Å². The summed E-state index contributed by atoms with van der Waals surface area (Å²) in [6.45, 7) is 6.73. The van der Waals surface area contributed by atoms with Gasteiger partial charge in [-0.3, -0.25) is 19.5 Å². The molecule has 2 aliphatic rings. The Morgan fingerprint density at radius 2 is 1.91 bits per heavy atom. The van der Waals surface area contributed by atoms with Crippen molar-refractivity contribution < 1.29 is 19.1 Å². The van der Waals surface area contributed by atoms with Gasteiger partial charge in [0.1, 0.15) is 12.4 Å². The summed E-state index contributed by atoms with van der Waals surface area (Å²) in [4.78, 5) is 33.9. The Kier molecular flexibility index (Phi) is 8.03. The number of aromatic nitrogens is 1. The van der Waals surface area contributed by atoms with Gasteiger partial charge in [-0.2, -0.15) is 0 Å². The molecule has 0 unspecified atom stereocenters. The maximum absolute atomic E-state index is 13.5. The maximum atomic E-state index is 13.5. The van der Waals surface area contributed by atoms with Gasteiger partial charge in [-0.1, -0.05) is 6.92 Å². The van der Waals surface area contributed by atoms with Crippen LogP contribution in [0.2, 0.25) is 0 Å². The van der Waals surface area contributed by atoms with Crippen molar-refractivity contribution in [1.29, 1.82) is 0 Å². The van der Waals surface area contributed by atoms with Crippen LogP contribution in [-0.2, 0) is 16.1 Å². The number of rotatable bonds is 5. The zero-order chi connectivity index (χ0) is 24.9. The Hall–Kier alpha value is -2.97. The highest BCUT2D eigenvalue weighted by Crippen LogP contribution is 2.31. The first-order valence-corrected chi connectivity index (χ1v) is 12.3. The second-order valence-electron chi connectivity index (χ2n) is 9.86. The fourth-order valence-corrected chi connectivity index (χ4v) is 4.46. The Labute approximate surface area is 207 Å². The lowest BCUT2D eigenvalue weighted by molar-refractivity contribution is -0.117. The van der Waals surface area contributed by atoms with Gasteiger partial charge in [-0.05, 0) is 61.6 Å². The first kappa shape index (κ1) is 25.1. The number of carbonyl (C=O) groups excluding carboxylic acids is 2. The molecule has 1 aromatic carbocycles. The number of nitrogens with zero attached hydrogens (tertiary/aromatic N) is 3. The summed E-state index contributed by atoms with van der Waals surface area (Å²) in [6.07, 6.45) is 5.34. The number of ether oxygens (including phenoxy) is 2. The molecule has 2 heterocycles. The van der Waals surface area contributed by atoms with Gasteiger partial charge in [0, 0.05) is 63.8 Å². The molecule has 8 heteroatoms. The van der Waals surface area contributed by atoms with Crippen LogP contribution < -0.4 is 10.1 Å². The van der Waals surface area contributed by atoms with Crippen LogP contribution >= 0.6 is 0 Å². The average molecular weight is 481 g/mol. The third kappa shape index (κ3) is 6.38. The highest BCUT2D eigenvalue weighted by atomic mass is 16.5. The molecule has 0 bridgehead atoms. The van der Waals surface area contributed by atoms with Crippen molar-refractivity contribution in [2.24, 2.45) is 11.8 Å². The molecule has 0 spiro atoms. The molecule has 35 heavy (non-hydrogen) atoms. The number of methoxy groups -OCH3 is 1. The van der Waals surface area contributed by atoms with Crippen LogP contribution in [0.15, 0.2) is 42.7 Å². The van der Waals surface area contributed by atoms with Crippen LogP contribution in [0, 0.1) is 11.8 Å². The molecule has 3 atom stereocenters. The number of amides is 2. The SMILES string of the molecule is CO[C@@H]1CN(C)C(=O)c2cc(NC(=O)C3CC3)ccc2OC[C@H](C)N(Cc2ccncc2)C[C@H]1C. The molecule has 0 saturated heterocycles. The molecule has 188 valence electrons. The van der Waals surface area contributed by atoms with Crippen molar-refractivity contribution in [2.75, 3.05) is 39.2 Å². The molecule has 1 aromatic heterocycles. The van der Waals surface area contributed by atoms with E-state index in [0.717, 1.165) is 25.9 Å². The summed E-state index contributed by atoms with van der Waals surface area (Å²) in [6, 6.07) is 9.47. The number of hydrogen-bond acceptors (Lipinski definition) is 6. The topological polar surface area (TPSA) is 84.0 Å². The molecular formula is C27H36N4O4. The van der Waals surface area contributed by atoms with Crippen molar-refractivity contribution in [3.05, 3.63) is 53.9 Å². The molecular weight excluding hydrogens is 444 g/mol. The molecule has 1 N–H and O–H groups in total. The highest BCUT2D eigenvalue weighted by Gasteiger charge is 2.31. The first-order chi connectivity index (χ1) is 16.9. The second kappa shape index (κ2) is 11.2. The van der Waals surface area contributed by atoms with Crippen LogP contribution in [0.25, 0.3) is 0 Å². The first-order valence-electron chi connectivity index (χ1n) is 12.3. The van der Waals surface area contributed by atoms with Crippen molar-refractivity contribution in [3.63, 3.8) is 0 Å². The van der Waals surface area contributed by atoms with E-state index >= 15 is 0 Å². The summed E-state index contributed by atoms with van der Waals surface area (Å²) < 4.78 is 12.1. The Morgan fingerprint density at radius 1 is 1.17 bits per heavy atom. The Morgan fingerprint density at radius 3 is 2.60 bits per heavy atom. The number of pyridine rings is 1. The number of benzene rings is 1. The fraction of sp³-hybridized carbons (Fsp3) is 0.519. The molecule has 4 rings (SSSR count). The van der Waals surface area contributed by atoms with Crippen LogP contribution in [-0.4, -0.2) is 72.6 Å². The van der Waals surface area contributed by atoms with Gasteiger partial charge in [-0.15, -0.1) is 0 Å². The summed E-state index contributed by atoms with van der Waals surface area (Å²) in [7, 11) is 3.48. The largest absolute Gasteiger partial charge is 0.491 e. The van der Waals surface area contributed by atoms with Crippen molar-refractivity contribution in [2.45, 2.75) is 45.4 Å². The lowest BCUT2D eigenvalue weighted by atomic mass is 10.0. The summed E-state index contributed by atoms with van der Waals surface area (Å²) >= 11 is 0. The number of fused-ring (bicyclic) bond motifs is 1. The molecule has 1 saturated carbocycles. The minimum absolute atomic E-state index is 0.00785. The quantitative estimate of drug-likeness (QED) is 0.706. The number of nitrogens with one attached hydrogen (secondary N) is 1. The molecule has 2 aromatic rings. The monoisotopic (exact) mass is 480 g/mol. The predicted molar refractivity (Wildman–Crippen MR) is 134 cm³/mol. The van der Waals surface area contributed by atoms with Gasteiger partial charge in [-0.25, -0.2) is 0 Å². The van der Waals surface area contributed by atoms with E-state index in [-0.39, 0.29) is 35.8 Å². The van der Waals surface area contributed by atoms with E-state index in [4.69, 9.17) is 9.47 Å². The Bertz CT molecular complexity index is 1030. The van der Waals surface area contributed by atoms with Crippen LogP contribution in [0.5, 0.6) is 5.75 Å². The average Bonchev–Trinajstić information content (AvgIpc) is 3.71. The highest BCUT2D eigenvalue weighted by molar-refractivity contribution is 6.00. The molecule has 8 nitrogen and oxygen atoms in total. The zero-order valence-corrected chi connectivity index (χ0v) is 21.1. The Balaban J connectivity index is 1.61. The third-order valence-electron chi connectivity index (χ3n) is 6.92. The smallest absolute Gasteiger partial charge is 0.257 e. The maximum Gasteiger partial charge on any atom is 0.257 e. The number of anilines is 1. The predicted octanol–water partition coefficient (Wildman–Crippen LogP) is 3.44. The van der Waals surface area contributed by atoms with Gasteiger partial charge in [0.25, 0.3) is 5.91 Å². The van der Waals surface area contributed by atoms with Crippen LogP contribution in [0.3, 0.4) is 0 Å². The normalized spacial score (nSPS) is 24.1. The van der Waals surface area contributed by atoms with E-state index in [2.05, 4.69) is 29.0 Å². The van der Waals surface area contributed by atoms with E-state index in [9.17, 15) is 9.59 Å². The van der Waals surface area contributed by atoms with E-state index in [0.29, 0.717) is 30.2 Å². The van der Waals surface area contributed by atoms with E-state index in [1.807, 2.05) is 24.5 Å². The second-order valence-corrected chi connectivity index (χ2v) is 9.86. The van der Waals surface area contributed by atoms with Crippen molar-refractivity contribution in [1.82, 2.24) is 14.8 Å². The van der Waals surface area contributed by atoms with E-state index in [1.165, 1.54) is 5.56 Å². The van der Waals surface area contributed by atoms with Gasteiger partial charge in [0.2, 0.25) is 5.91 Å². The third-order valence-corrected chi connectivity index (χ3v) is 6.92. The fourth-order valence-electron chi connectivity index (χ4n) is 4.46. The van der Waals surface area contributed by atoms with Crippen LogP contribution in [0.4, 0.5) is 5.69 Å². The van der Waals surface area contributed by atoms with Crippen molar-refractivity contribution in [3.8, 4) is 5.75 Å². The molecule has 1 fully saturated rings. The van der Waals surface area contributed by atoms with E-state index < -0.39 is 0 Å². The van der Waals surface area contributed by atoms with Gasteiger partial charge < -0.3 is 19.7 Å². The molecule has 0 radical (unpaired) electrons. The summed E-state index contributed by atoms with van der Waals surface area (Å²) in [5.74, 6) is 0.640. The minimum Gasteiger partial charge on any atom is -0.491 e. The van der Waals surface area contributed by atoms with Gasteiger partial charge in [0.05, 0.1) is 11.7 Å². The number of likely N-dealkylation sites (N-methyl/N-ethyl adjacent to an activating group) is 1. The van der Waals surface area contributed by atoms with Crippen molar-refractivity contribution >= 4 is 17.5 Å². The number of carbonyl (C=O) groups is 2. The van der Waals surface area contributed by atoms with E-state index in [1.54, 1.807) is 37.3 Å².